The van der Waals surface area contributed by atoms with Crippen LogP contribution in [0.1, 0.15) is 12.8 Å². The molecule has 5 heteroatoms. The van der Waals surface area contributed by atoms with E-state index in [1.165, 1.54) is 0 Å². The van der Waals surface area contributed by atoms with Crippen LogP contribution in [0.3, 0.4) is 0 Å². The van der Waals surface area contributed by atoms with Crippen molar-refractivity contribution in [3.63, 3.8) is 0 Å². The van der Waals surface area contributed by atoms with E-state index in [1.807, 2.05) is 0 Å². The topological polar surface area (TPSA) is 75.6 Å². The van der Waals surface area contributed by atoms with Gasteiger partial charge in [-0.05, 0) is 12.8 Å². The summed E-state index contributed by atoms with van der Waals surface area (Å²) in [6.07, 6.45) is 3.01. The molecule has 0 aromatic rings. The highest BCUT2D eigenvalue weighted by atomic mass is 16.5. The molecule has 1 fully saturated rings. The molecule has 90 valence electrons. The Morgan fingerprint density at radius 1 is 1.44 bits per heavy atom. The second kappa shape index (κ2) is 6.27. The van der Waals surface area contributed by atoms with Crippen molar-refractivity contribution in [2.45, 2.75) is 12.8 Å². The third-order valence-corrected chi connectivity index (χ3v) is 2.46. The fraction of sp³-hybridized carbons (Fsp3) is 0.636. The smallest absolute Gasteiger partial charge is 0.307 e. The molecule has 0 saturated heterocycles. The van der Waals surface area contributed by atoms with Gasteiger partial charge >= 0.3 is 5.97 Å². The lowest BCUT2D eigenvalue weighted by atomic mass is 10.3. The van der Waals surface area contributed by atoms with Crippen LogP contribution in [0.25, 0.3) is 0 Å². The molecule has 0 aliphatic heterocycles. The third kappa shape index (κ3) is 4.02. The van der Waals surface area contributed by atoms with E-state index in [9.17, 15) is 9.59 Å². The van der Waals surface area contributed by atoms with Gasteiger partial charge in [0.15, 0.2) is 0 Å². The van der Waals surface area contributed by atoms with Gasteiger partial charge in [-0.3, -0.25) is 9.59 Å². The largest absolute Gasteiger partial charge is 0.481 e. The Morgan fingerprint density at radius 2 is 2.19 bits per heavy atom. The summed E-state index contributed by atoms with van der Waals surface area (Å²) < 4.78 is 5.20. The van der Waals surface area contributed by atoms with Gasteiger partial charge in [-0.15, -0.1) is 6.58 Å². The van der Waals surface area contributed by atoms with E-state index in [-0.39, 0.29) is 11.8 Å². The van der Waals surface area contributed by atoms with E-state index in [1.54, 1.807) is 6.08 Å². The molecule has 0 radical (unpaired) electrons. The van der Waals surface area contributed by atoms with Crippen LogP contribution in [-0.4, -0.2) is 36.7 Å². The van der Waals surface area contributed by atoms with E-state index in [0.29, 0.717) is 26.2 Å². The minimum absolute atomic E-state index is 0.181. The highest BCUT2D eigenvalue weighted by Gasteiger charge is 2.48. The molecule has 5 nitrogen and oxygen atoms in total. The first-order valence-corrected chi connectivity index (χ1v) is 5.36. The standard InChI is InChI=1S/C11H17NO4/c1-2-3-5-16-6-4-12-10(13)8-7-9(8)11(14)15/h2,8-9H,1,3-7H2,(H,12,13)(H,14,15). The number of carbonyl (C=O) groups is 2. The zero-order valence-corrected chi connectivity index (χ0v) is 9.15. The van der Waals surface area contributed by atoms with Gasteiger partial charge in [-0.2, -0.15) is 0 Å². The van der Waals surface area contributed by atoms with E-state index in [2.05, 4.69) is 11.9 Å². The molecule has 1 rings (SSSR count). The predicted octanol–water partition coefficient (Wildman–Crippen LogP) is 0.416. The van der Waals surface area contributed by atoms with E-state index >= 15 is 0 Å². The summed E-state index contributed by atoms with van der Waals surface area (Å²) in [4.78, 5) is 21.9. The van der Waals surface area contributed by atoms with Gasteiger partial charge in [0.2, 0.25) is 5.91 Å². The Hall–Kier alpha value is -1.36. The zero-order valence-electron chi connectivity index (χ0n) is 9.15. The third-order valence-electron chi connectivity index (χ3n) is 2.46. The quantitative estimate of drug-likeness (QED) is 0.465. The number of ether oxygens (including phenoxy) is 1. The Bertz CT molecular complexity index is 277. The number of amides is 1. The van der Waals surface area contributed by atoms with E-state index < -0.39 is 11.9 Å². The highest BCUT2D eigenvalue weighted by Crippen LogP contribution is 2.38. The maximum atomic E-state index is 11.4. The van der Waals surface area contributed by atoms with Crippen LogP contribution in [0.4, 0.5) is 0 Å². The monoisotopic (exact) mass is 227 g/mol. The van der Waals surface area contributed by atoms with Gasteiger partial charge in [-0.25, -0.2) is 0 Å². The molecule has 0 bridgehead atoms. The number of carbonyl (C=O) groups excluding carboxylic acids is 1. The van der Waals surface area contributed by atoms with E-state index in [0.717, 1.165) is 6.42 Å². The summed E-state index contributed by atoms with van der Waals surface area (Å²) in [5.74, 6) is -1.89. The zero-order chi connectivity index (χ0) is 12.0. The van der Waals surface area contributed by atoms with Crippen molar-refractivity contribution in [1.29, 1.82) is 0 Å². The van der Waals surface area contributed by atoms with Gasteiger partial charge in [0.1, 0.15) is 0 Å². The maximum Gasteiger partial charge on any atom is 0.307 e. The van der Waals surface area contributed by atoms with Crippen molar-refractivity contribution in [1.82, 2.24) is 5.32 Å². The second-order valence-corrected chi connectivity index (χ2v) is 3.77. The summed E-state index contributed by atoms with van der Waals surface area (Å²) in [5, 5.41) is 11.3. The van der Waals surface area contributed by atoms with Crippen molar-refractivity contribution in [3.8, 4) is 0 Å². The summed E-state index contributed by atoms with van der Waals surface area (Å²) in [5.41, 5.74) is 0. The van der Waals surface area contributed by atoms with Crippen molar-refractivity contribution in [2.75, 3.05) is 19.8 Å². The Labute approximate surface area is 94.5 Å². The summed E-state index contributed by atoms with van der Waals surface area (Å²) >= 11 is 0. The molecule has 2 N–H and O–H groups in total. The first kappa shape index (κ1) is 12.7. The van der Waals surface area contributed by atoms with Gasteiger partial charge in [-0.1, -0.05) is 6.08 Å². The van der Waals surface area contributed by atoms with Gasteiger partial charge in [0.25, 0.3) is 0 Å². The van der Waals surface area contributed by atoms with Crippen LogP contribution in [0.2, 0.25) is 0 Å². The summed E-state index contributed by atoms with van der Waals surface area (Å²) in [6, 6.07) is 0. The average molecular weight is 227 g/mol. The first-order chi connectivity index (χ1) is 7.66. The number of hydrogen-bond acceptors (Lipinski definition) is 3. The average Bonchev–Trinajstić information content (AvgIpc) is 3.02. The molecule has 0 heterocycles. The van der Waals surface area contributed by atoms with Crippen molar-refractivity contribution in [2.24, 2.45) is 11.8 Å². The fourth-order valence-electron chi connectivity index (χ4n) is 1.40. The first-order valence-electron chi connectivity index (χ1n) is 5.36. The molecule has 0 aromatic heterocycles. The normalized spacial score (nSPS) is 22.5. The number of aliphatic carboxylic acids is 1. The predicted molar refractivity (Wildman–Crippen MR) is 57.9 cm³/mol. The van der Waals surface area contributed by atoms with Crippen molar-refractivity contribution >= 4 is 11.9 Å². The number of carboxylic acid groups (broad SMARTS) is 1. The Kier molecular flexibility index (Phi) is 4.98. The van der Waals surface area contributed by atoms with Gasteiger partial charge < -0.3 is 15.2 Å². The van der Waals surface area contributed by atoms with Crippen molar-refractivity contribution < 1.29 is 19.4 Å². The lowest BCUT2D eigenvalue weighted by Gasteiger charge is -2.04. The molecule has 1 amide bonds. The SMILES string of the molecule is C=CCCOCCNC(=O)C1CC1C(=O)O. The Morgan fingerprint density at radius 3 is 2.75 bits per heavy atom. The number of rotatable bonds is 8. The lowest BCUT2D eigenvalue weighted by Crippen LogP contribution is -2.29. The van der Waals surface area contributed by atoms with Crippen LogP contribution in [-0.2, 0) is 14.3 Å². The lowest BCUT2D eigenvalue weighted by molar-refractivity contribution is -0.140. The molecule has 1 aliphatic carbocycles. The van der Waals surface area contributed by atoms with Crippen LogP contribution >= 0.6 is 0 Å². The molecule has 1 saturated carbocycles. The minimum Gasteiger partial charge on any atom is -0.481 e. The summed E-state index contributed by atoms with van der Waals surface area (Å²) in [7, 11) is 0. The Balaban J connectivity index is 2.00. The van der Waals surface area contributed by atoms with Crippen LogP contribution < -0.4 is 5.32 Å². The van der Waals surface area contributed by atoms with E-state index in [4.69, 9.17) is 9.84 Å². The maximum absolute atomic E-state index is 11.4. The van der Waals surface area contributed by atoms with Crippen LogP contribution in [0.15, 0.2) is 12.7 Å². The molecule has 16 heavy (non-hydrogen) atoms. The molecule has 0 aromatic carbocycles. The molecule has 2 unspecified atom stereocenters. The van der Waals surface area contributed by atoms with Crippen LogP contribution in [0, 0.1) is 11.8 Å². The second-order valence-electron chi connectivity index (χ2n) is 3.77. The molecule has 2 atom stereocenters. The minimum atomic E-state index is -0.887. The van der Waals surface area contributed by atoms with Gasteiger partial charge in [0.05, 0.1) is 25.0 Å². The number of carboxylic acids is 1. The van der Waals surface area contributed by atoms with Gasteiger partial charge in [0, 0.05) is 6.54 Å². The van der Waals surface area contributed by atoms with Crippen LogP contribution in [0.5, 0.6) is 0 Å². The van der Waals surface area contributed by atoms with Crippen molar-refractivity contribution in [3.05, 3.63) is 12.7 Å². The molecule has 1 aliphatic rings. The molecular weight excluding hydrogens is 210 g/mol. The molecule has 0 spiro atoms. The summed E-state index contributed by atoms with van der Waals surface area (Å²) in [6.45, 7) is 5.03. The number of nitrogens with one attached hydrogen (secondary N) is 1. The highest BCUT2D eigenvalue weighted by molar-refractivity contribution is 5.89. The number of hydrogen-bond donors (Lipinski definition) is 2. The molecular formula is C11H17NO4. The fourth-order valence-corrected chi connectivity index (χ4v) is 1.40.